The van der Waals surface area contributed by atoms with Crippen molar-refractivity contribution in [3.8, 4) is 12.1 Å². The van der Waals surface area contributed by atoms with E-state index in [4.69, 9.17) is 0 Å². The maximum atomic E-state index is 12.4. The van der Waals surface area contributed by atoms with E-state index >= 15 is 0 Å². The van der Waals surface area contributed by atoms with Gasteiger partial charge in [0.25, 0.3) is 0 Å². The Hall–Kier alpha value is -7.14. The van der Waals surface area contributed by atoms with Crippen LogP contribution in [0, 0.1) is 42.4 Å². The van der Waals surface area contributed by atoms with E-state index in [0.717, 1.165) is 60.6 Å². The number of anilines is 4. The minimum absolute atomic E-state index is 0. The molecule has 2 heterocycles. The summed E-state index contributed by atoms with van der Waals surface area (Å²) < 4.78 is 8.32. The predicted octanol–water partition coefficient (Wildman–Crippen LogP) is 12.7. The van der Waals surface area contributed by atoms with Gasteiger partial charge in [-0.25, -0.2) is 0 Å². The molecule has 0 radical (unpaired) electrons. The summed E-state index contributed by atoms with van der Waals surface area (Å²) in [6.07, 6.45) is 0. The van der Waals surface area contributed by atoms with Gasteiger partial charge in [-0.15, -0.1) is 20.5 Å². The Kier molecular flexibility index (Phi) is 18.3. The average Bonchev–Trinajstić information content (AvgIpc) is 3.83. The van der Waals surface area contributed by atoms with Crippen LogP contribution in [0.15, 0.2) is 118 Å². The van der Waals surface area contributed by atoms with Crippen LogP contribution in [0.3, 0.4) is 0 Å². The molecule has 0 saturated carbocycles. The van der Waals surface area contributed by atoms with Gasteiger partial charge in [0.05, 0.1) is 22.8 Å². The number of aryl methyl sites for hydroxylation is 2. The molecular formula is C47H52N12O2S2. The van der Waals surface area contributed by atoms with Crippen LogP contribution >= 0.6 is 23.1 Å². The van der Waals surface area contributed by atoms with Gasteiger partial charge in [0.1, 0.15) is 34.6 Å². The van der Waals surface area contributed by atoms with Gasteiger partial charge in [-0.3, -0.25) is 9.59 Å². The first-order valence-corrected chi connectivity index (χ1v) is 21.5. The van der Waals surface area contributed by atoms with Gasteiger partial charge in [-0.1, -0.05) is 81.9 Å². The number of nitrogens with one attached hydrogen (secondary N) is 2. The van der Waals surface area contributed by atoms with Crippen molar-refractivity contribution in [1.29, 1.82) is 10.5 Å². The molecule has 14 nitrogen and oxygen atoms in total. The molecule has 0 fully saturated rings. The summed E-state index contributed by atoms with van der Waals surface area (Å²) >= 11 is 2.25. The number of carbonyl (C=O) groups is 2. The summed E-state index contributed by atoms with van der Waals surface area (Å²) in [5, 5.41) is 42.3. The van der Waals surface area contributed by atoms with Gasteiger partial charge < -0.3 is 20.4 Å². The molecule has 0 aliphatic carbocycles. The van der Waals surface area contributed by atoms with Gasteiger partial charge in [-0.05, 0) is 98.3 Å². The number of azo groups is 2. The van der Waals surface area contributed by atoms with Crippen molar-refractivity contribution >= 4 is 79.0 Å². The molecule has 6 aromatic rings. The molecule has 0 saturated heterocycles. The Morgan fingerprint density at radius 1 is 0.667 bits per heavy atom. The number of hydrogen-bond donors (Lipinski definition) is 2. The first-order chi connectivity index (χ1) is 29.9. The molecule has 16 heteroatoms. The molecule has 6 rings (SSSR count). The van der Waals surface area contributed by atoms with Gasteiger partial charge in [-0.2, -0.15) is 19.3 Å². The SMILES string of the molecule is C.CCN(Cc1ccccc1)c1ccc(N=Nc2snc(C)c2C#N)c(NC(=O)C(C)C)c1.CCN(Cc1ccccc1)c1ccc(N=Nc2snc(C)c2C#N)c(NC(C)=O)c1. The fourth-order valence-corrected chi connectivity index (χ4v) is 7.32. The zero-order chi connectivity index (χ0) is 44.6. The molecule has 2 amide bonds. The largest absolute Gasteiger partial charge is 0.367 e. The van der Waals surface area contributed by atoms with E-state index in [2.05, 4.69) is 99.9 Å². The number of aromatic nitrogens is 2. The van der Waals surface area contributed by atoms with Gasteiger partial charge in [0.2, 0.25) is 11.8 Å². The van der Waals surface area contributed by atoms with Crippen LogP contribution in [0.5, 0.6) is 0 Å². The fraction of sp³-hybridized carbons (Fsp3) is 0.277. The molecule has 2 aromatic heterocycles. The van der Waals surface area contributed by atoms with E-state index in [0.29, 0.717) is 55.3 Å². The lowest BCUT2D eigenvalue weighted by Crippen LogP contribution is -2.22. The second kappa shape index (κ2) is 23.7. The van der Waals surface area contributed by atoms with Gasteiger partial charge >= 0.3 is 0 Å². The topological polar surface area (TPSA) is 187 Å². The summed E-state index contributed by atoms with van der Waals surface area (Å²) in [6, 6.07) is 36.1. The van der Waals surface area contributed by atoms with Crippen LogP contribution in [0.25, 0.3) is 0 Å². The third-order valence-corrected chi connectivity index (χ3v) is 11.0. The standard InChI is InChI=1S/C24H26N6OS.C22H22N6OS.CH4/c1-5-30(15-18-9-7-6-8-10-18)19-11-12-21(22(13-19)26-23(31)16(2)3)27-28-24-20(14-25)17(4)29-32-24;1-4-28(14-17-8-6-5-7-9-17)18-10-11-20(21(12-18)24-16(3)29)25-26-22-19(13-23)15(2)27-30-22;/h6-13,16H,5,15H2,1-4H3,(H,26,31);5-12H,4,14H2,1-3H3,(H,24,29);1H4. The second-order valence-corrected chi connectivity index (χ2v) is 15.8. The summed E-state index contributed by atoms with van der Waals surface area (Å²) in [6.45, 7) is 16.0. The van der Waals surface area contributed by atoms with Gasteiger partial charge in [0.15, 0.2) is 10.0 Å². The Balaban J connectivity index is 0.000000273. The lowest BCUT2D eigenvalue weighted by Gasteiger charge is -2.24. The molecule has 2 N–H and O–H groups in total. The molecular weight excluding hydrogens is 829 g/mol. The molecule has 0 bridgehead atoms. The van der Waals surface area contributed by atoms with Crippen LogP contribution in [0.2, 0.25) is 0 Å². The second-order valence-electron chi connectivity index (χ2n) is 14.2. The molecule has 0 aliphatic heterocycles. The van der Waals surface area contributed by atoms with Crippen molar-refractivity contribution in [2.24, 2.45) is 26.4 Å². The van der Waals surface area contributed by atoms with Crippen LogP contribution < -0.4 is 20.4 Å². The first-order valence-electron chi connectivity index (χ1n) is 19.9. The highest BCUT2D eigenvalue weighted by Crippen LogP contribution is 2.36. The summed E-state index contributed by atoms with van der Waals surface area (Å²) in [5.74, 6) is -0.471. The minimum Gasteiger partial charge on any atom is -0.367 e. The third kappa shape index (κ3) is 13.4. The number of nitriles is 2. The van der Waals surface area contributed by atoms with E-state index in [1.807, 2.05) is 86.6 Å². The van der Waals surface area contributed by atoms with E-state index in [1.54, 1.807) is 13.8 Å². The minimum atomic E-state index is -0.193. The molecule has 0 spiro atoms. The molecule has 63 heavy (non-hydrogen) atoms. The van der Waals surface area contributed by atoms with Crippen molar-refractivity contribution in [1.82, 2.24) is 8.75 Å². The first kappa shape index (κ1) is 48.5. The molecule has 0 unspecified atom stereocenters. The van der Waals surface area contributed by atoms with Gasteiger partial charge in [0, 0.05) is 50.4 Å². The van der Waals surface area contributed by atoms with Crippen molar-refractivity contribution in [2.45, 2.75) is 69.0 Å². The number of rotatable bonds is 15. The lowest BCUT2D eigenvalue weighted by molar-refractivity contribution is -0.119. The zero-order valence-corrected chi connectivity index (χ0v) is 37.4. The highest BCUT2D eigenvalue weighted by Gasteiger charge is 2.16. The zero-order valence-electron chi connectivity index (χ0n) is 35.7. The van der Waals surface area contributed by atoms with E-state index in [-0.39, 0.29) is 25.2 Å². The third-order valence-electron chi connectivity index (χ3n) is 9.39. The van der Waals surface area contributed by atoms with Crippen LogP contribution in [-0.2, 0) is 22.7 Å². The number of carbonyl (C=O) groups excluding carboxylic acids is 2. The Labute approximate surface area is 378 Å². The van der Waals surface area contributed by atoms with Crippen molar-refractivity contribution in [2.75, 3.05) is 33.5 Å². The maximum absolute atomic E-state index is 12.4. The number of hydrogen-bond acceptors (Lipinski definition) is 14. The molecule has 324 valence electrons. The molecule has 0 aliphatic rings. The van der Waals surface area contributed by atoms with Crippen molar-refractivity contribution in [3.63, 3.8) is 0 Å². The van der Waals surface area contributed by atoms with Crippen molar-refractivity contribution in [3.05, 3.63) is 131 Å². The monoisotopic (exact) mass is 880 g/mol. The van der Waals surface area contributed by atoms with Crippen LogP contribution in [0.4, 0.5) is 44.1 Å². The molecule has 4 aromatic carbocycles. The molecule has 0 atom stereocenters. The predicted molar refractivity (Wildman–Crippen MR) is 255 cm³/mol. The van der Waals surface area contributed by atoms with E-state index < -0.39 is 0 Å². The highest BCUT2D eigenvalue weighted by atomic mass is 32.1. The number of benzene rings is 4. The summed E-state index contributed by atoms with van der Waals surface area (Å²) in [7, 11) is 0. The maximum Gasteiger partial charge on any atom is 0.226 e. The fourth-order valence-electron chi connectivity index (χ4n) is 5.97. The quantitative estimate of drug-likeness (QED) is 0.0953. The average molecular weight is 881 g/mol. The summed E-state index contributed by atoms with van der Waals surface area (Å²) in [4.78, 5) is 28.6. The smallest absolute Gasteiger partial charge is 0.226 e. The summed E-state index contributed by atoms with van der Waals surface area (Å²) in [5.41, 5.74) is 8.63. The number of amides is 2. The normalized spacial score (nSPS) is 10.7. The van der Waals surface area contributed by atoms with Crippen molar-refractivity contribution < 1.29 is 9.59 Å². The number of nitrogens with zero attached hydrogens (tertiary/aromatic N) is 10. The Morgan fingerprint density at radius 2 is 1.08 bits per heavy atom. The van der Waals surface area contributed by atoms with E-state index in [9.17, 15) is 20.1 Å². The Morgan fingerprint density at radius 3 is 1.44 bits per heavy atom. The lowest BCUT2D eigenvalue weighted by atomic mass is 10.1. The highest BCUT2D eigenvalue weighted by molar-refractivity contribution is 7.10. The van der Waals surface area contributed by atoms with Crippen LogP contribution in [0.1, 0.15) is 75.7 Å². The van der Waals surface area contributed by atoms with E-state index in [1.165, 1.54) is 18.1 Å². The van der Waals surface area contributed by atoms with Crippen LogP contribution in [-0.4, -0.2) is 33.7 Å². The Bertz CT molecular complexity index is 2610.